The fourth-order valence-electron chi connectivity index (χ4n) is 2.99. The molecule has 0 aliphatic carbocycles. The summed E-state index contributed by atoms with van der Waals surface area (Å²) in [7, 11) is 0. The number of aliphatic hydroxyl groups excluding tert-OH is 1. The van der Waals surface area contributed by atoms with Crippen LogP contribution < -0.4 is 11.1 Å². The zero-order valence-electron chi connectivity index (χ0n) is 13.3. The molecule has 1 saturated heterocycles. The van der Waals surface area contributed by atoms with Gasteiger partial charge in [-0.3, -0.25) is 14.4 Å². The maximum Gasteiger partial charge on any atom is 0.353 e. The lowest BCUT2D eigenvalue weighted by molar-refractivity contribution is -0.161. The molecule has 138 valence electrons. The van der Waals surface area contributed by atoms with Crippen LogP contribution in [0, 0.1) is 5.92 Å². The third-order valence-electron chi connectivity index (χ3n) is 3.99. The van der Waals surface area contributed by atoms with Gasteiger partial charge in [-0.15, -0.1) is 11.8 Å². The van der Waals surface area contributed by atoms with Crippen molar-refractivity contribution in [2.75, 3.05) is 5.75 Å². The molecule has 1 fully saturated rings. The second kappa shape index (κ2) is 7.42. The van der Waals surface area contributed by atoms with Gasteiger partial charge in [0.1, 0.15) is 12.1 Å². The van der Waals surface area contributed by atoms with Crippen molar-refractivity contribution in [3.8, 4) is 0 Å². The van der Waals surface area contributed by atoms with Crippen molar-refractivity contribution >= 4 is 35.5 Å². The highest BCUT2D eigenvalue weighted by molar-refractivity contribution is 8.03. The Bertz CT molecular complexity index is 648. The summed E-state index contributed by atoms with van der Waals surface area (Å²) in [6.45, 7) is 1.49. The Morgan fingerprint density at radius 1 is 1.40 bits per heavy atom. The van der Waals surface area contributed by atoms with Gasteiger partial charge in [-0.05, 0) is 6.92 Å². The molecule has 2 aliphatic rings. The quantitative estimate of drug-likeness (QED) is 0.193. The summed E-state index contributed by atoms with van der Waals surface area (Å²) >= 11 is 1.09. The number of nitrogens with zero attached hydrogens (tertiary/aromatic N) is 1. The molecule has 25 heavy (non-hydrogen) atoms. The third-order valence-corrected chi connectivity index (χ3v) is 5.22. The van der Waals surface area contributed by atoms with Crippen LogP contribution in [0.1, 0.15) is 19.8 Å². The molecule has 2 rings (SSSR count). The molecular weight excluding hydrogens is 354 g/mol. The van der Waals surface area contributed by atoms with Crippen LogP contribution in [0.3, 0.4) is 0 Å². The molecule has 10 nitrogen and oxygen atoms in total. The van der Waals surface area contributed by atoms with Crippen LogP contribution in [-0.4, -0.2) is 68.0 Å². The maximum absolute atomic E-state index is 12.1. The first kappa shape index (κ1) is 19.2. The molecule has 6 N–H and O–H groups in total. The average molecular weight is 373 g/mol. The summed E-state index contributed by atoms with van der Waals surface area (Å²) in [5.74, 6) is -4.20. The van der Waals surface area contributed by atoms with Gasteiger partial charge in [0, 0.05) is 17.1 Å². The number of aliphatic carboxylic acids is 2. The highest BCUT2D eigenvalue weighted by atomic mass is 32.2. The van der Waals surface area contributed by atoms with E-state index in [4.69, 9.17) is 10.8 Å². The molecule has 11 heteroatoms. The minimum absolute atomic E-state index is 0.117. The van der Waals surface area contributed by atoms with E-state index in [9.17, 15) is 29.4 Å². The fraction of sp³-hybridized carbons (Fsp3) is 0.571. The number of carboxylic acid groups (broad SMARTS) is 2. The zero-order chi connectivity index (χ0) is 18.9. The Morgan fingerprint density at radius 3 is 2.56 bits per heavy atom. The van der Waals surface area contributed by atoms with Crippen molar-refractivity contribution in [2.45, 2.75) is 38.1 Å². The predicted octanol–water partition coefficient (Wildman–Crippen LogP) is -1.50. The number of aliphatic hydroxyl groups is 1. The summed E-state index contributed by atoms with van der Waals surface area (Å²) in [5, 5.41) is 29.8. The second-order valence-corrected chi connectivity index (χ2v) is 6.99. The molecule has 2 amide bonds. The van der Waals surface area contributed by atoms with Crippen LogP contribution in [0.15, 0.2) is 10.6 Å². The first-order valence-electron chi connectivity index (χ1n) is 7.50. The Labute approximate surface area is 147 Å². The van der Waals surface area contributed by atoms with E-state index in [0.29, 0.717) is 11.3 Å². The standard InChI is InChI=1S/C14H19N3O7S/c1-5(18)11-6-2-7(12(14(23)24)17(6)13(11)22)25-4-8(15)16-9(19)3-10(20)21/h5-6,8,11,18H,2-4,15H2,1H3,(H,16,19)(H,20,21)(H,23,24)/t5?,6-,8-,11-/m1/s1. The Kier molecular flexibility index (Phi) is 5.70. The number of nitrogens with one attached hydrogen (secondary N) is 1. The maximum atomic E-state index is 12.1. The molecule has 0 bridgehead atoms. The van der Waals surface area contributed by atoms with Gasteiger partial charge in [-0.2, -0.15) is 0 Å². The zero-order valence-corrected chi connectivity index (χ0v) is 14.2. The van der Waals surface area contributed by atoms with Crippen molar-refractivity contribution < 1.29 is 34.5 Å². The summed E-state index contributed by atoms with van der Waals surface area (Å²) in [6, 6.07) is -0.390. The highest BCUT2D eigenvalue weighted by Gasteiger charge is 2.56. The molecule has 2 heterocycles. The summed E-state index contributed by atoms with van der Waals surface area (Å²) < 4.78 is 0. The molecule has 0 aromatic heterocycles. The Hall–Kier alpha value is -2.11. The van der Waals surface area contributed by atoms with Crippen LogP contribution in [0.4, 0.5) is 0 Å². The lowest BCUT2D eigenvalue weighted by Gasteiger charge is -2.44. The number of thioether (sulfide) groups is 1. The van der Waals surface area contributed by atoms with E-state index in [2.05, 4.69) is 5.32 Å². The summed E-state index contributed by atoms with van der Waals surface area (Å²) in [6.07, 6.45) is -2.15. The molecule has 0 spiro atoms. The molecule has 4 atom stereocenters. The topological polar surface area (TPSA) is 170 Å². The molecule has 0 aromatic carbocycles. The van der Waals surface area contributed by atoms with Crippen molar-refractivity contribution in [1.29, 1.82) is 0 Å². The van der Waals surface area contributed by atoms with Gasteiger partial charge in [0.25, 0.3) is 0 Å². The number of fused-ring (bicyclic) bond motifs is 1. The van der Waals surface area contributed by atoms with Crippen molar-refractivity contribution in [2.24, 2.45) is 11.7 Å². The predicted molar refractivity (Wildman–Crippen MR) is 85.9 cm³/mol. The number of β-lactam (4-membered cyclic amide) rings is 1. The number of nitrogens with two attached hydrogens (primary N) is 1. The molecule has 0 aromatic rings. The first-order valence-corrected chi connectivity index (χ1v) is 8.49. The van der Waals surface area contributed by atoms with E-state index in [1.165, 1.54) is 11.8 Å². The Morgan fingerprint density at radius 2 is 2.04 bits per heavy atom. The van der Waals surface area contributed by atoms with Gasteiger partial charge >= 0.3 is 11.9 Å². The molecule has 1 unspecified atom stereocenters. The van der Waals surface area contributed by atoms with E-state index in [-0.39, 0.29) is 17.5 Å². The normalized spacial score (nSPS) is 24.4. The van der Waals surface area contributed by atoms with E-state index >= 15 is 0 Å². The van der Waals surface area contributed by atoms with E-state index in [1.807, 2.05) is 0 Å². The second-order valence-electron chi connectivity index (χ2n) is 5.88. The van der Waals surface area contributed by atoms with Crippen LogP contribution in [0.2, 0.25) is 0 Å². The largest absolute Gasteiger partial charge is 0.481 e. The summed E-state index contributed by atoms with van der Waals surface area (Å²) in [4.78, 5) is 46.9. The summed E-state index contributed by atoms with van der Waals surface area (Å²) in [5.41, 5.74) is 5.58. The van der Waals surface area contributed by atoms with Gasteiger partial charge in [0.2, 0.25) is 11.8 Å². The van der Waals surface area contributed by atoms with Crippen LogP contribution in [0.5, 0.6) is 0 Å². The van der Waals surface area contributed by atoms with E-state index in [0.717, 1.165) is 11.8 Å². The van der Waals surface area contributed by atoms with Gasteiger partial charge in [0.15, 0.2) is 0 Å². The van der Waals surface area contributed by atoms with Gasteiger partial charge in [0.05, 0.1) is 24.2 Å². The average Bonchev–Trinajstić information content (AvgIpc) is 2.78. The van der Waals surface area contributed by atoms with Crippen LogP contribution >= 0.6 is 11.8 Å². The number of carbonyl (C=O) groups is 4. The molecule has 0 saturated carbocycles. The number of hydrogen-bond acceptors (Lipinski definition) is 7. The monoisotopic (exact) mass is 373 g/mol. The lowest BCUT2D eigenvalue weighted by Crippen LogP contribution is -2.61. The molecular formula is C14H19N3O7S. The number of carboxylic acids is 2. The number of hydrogen-bond donors (Lipinski definition) is 5. The fourth-order valence-corrected chi connectivity index (χ4v) is 4.06. The van der Waals surface area contributed by atoms with Gasteiger partial charge in [-0.1, -0.05) is 0 Å². The number of amides is 2. The lowest BCUT2D eigenvalue weighted by atomic mass is 9.83. The number of carbonyl (C=O) groups excluding carboxylic acids is 2. The van der Waals surface area contributed by atoms with Gasteiger partial charge < -0.3 is 31.3 Å². The van der Waals surface area contributed by atoms with E-state index in [1.54, 1.807) is 0 Å². The van der Waals surface area contributed by atoms with Crippen LogP contribution in [-0.2, 0) is 19.2 Å². The smallest absolute Gasteiger partial charge is 0.353 e. The van der Waals surface area contributed by atoms with Crippen LogP contribution in [0.25, 0.3) is 0 Å². The number of rotatable bonds is 8. The Balaban J connectivity index is 1.99. The minimum atomic E-state index is -1.28. The first-order chi connectivity index (χ1) is 11.6. The third kappa shape index (κ3) is 3.94. The minimum Gasteiger partial charge on any atom is -0.481 e. The highest BCUT2D eigenvalue weighted by Crippen LogP contribution is 2.46. The molecule has 0 radical (unpaired) electrons. The van der Waals surface area contributed by atoms with Crippen molar-refractivity contribution in [3.63, 3.8) is 0 Å². The van der Waals surface area contributed by atoms with Crippen molar-refractivity contribution in [3.05, 3.63) is 10.6 Å². The molecule has 2 aliphatic heterocycles. The van der Waals surface area contributed by atoms with Crippen molar-refractivity contribution in [1.82, 2.24) is 10.2 Å². The SMILES string of the molecule is CC(O)[C@H]1C(=O)N2C(C(=O)O)=C(SC[C@H](N)NC(=O)CC(=O)O)C[C@H]12. The van der Waals surface area contributed by atoms with Gasteiger partial charge in [-0.25, -0.2) is 4.79 Å². The van der Waals surface area contributed by atoms with E-state index < -0.39 is 48.4 Å².